The quantitative estimate of drug-likeness (QED) is 0.583. The topological polar surface area (TPSA) is 70.1 Å². The van der Waals surface area contributed by atoms with Crippen LogP contribution in [0, 0.1) is 17.6 Å². The second-order valence-electron chi connectivity index (χ2n) is 6.63. The minimum atomic E-state index is -1.09. The summed E-state index contributed by atoms with van der Waals surface area (Å²) < 4.78 is 41.9. The summed E-state index contributed by atoms with van der Waals surface area (Å²) in [6.07, 6.45) is 1.35. The van der Waals surface area contributed by atoms with E-state index >= 15 is 0 Å². The molecule has 29 heavy (non-hydrogen) atoms. The Bertz CT molecular complexity index is 1180. The first kappa shape index (κ1) is 19.4. The fraction of sp³-hybridized carbons (Fsp3) is 0.150. The van der Waals surface area contributed by atoms with Gasteiger partial charge in [0.1, 0.15) is 22.9 Å². The highest BCUT2D eigenvalue weighted by atomic mass is 79.9. The van der Waals surface area contributed by atoms with Crippen molar-refractivity contribution in [1.82, 2.24) is 15.3 Å². The maximum atomic E-state index is 14.4. The second kappa shape index (κ2) is 7.14. The normalized spacial score (nSPS) is 21.0. The molecular formula is C20H14BrF3N4O. The Kier molecular flexibility index (Phi) is 4.77. The van der Waals surface area contributed by atoms with E-state index in [1.54, 1.807) is 19.1 Å². The van der Waals surface area contributed by atoms with Gasteiger partial charge in [0, 0.05) is 17.8 Å². The first-order valence-electron chi connectivity index (χ1n) is 8.64. The molecule has 0 spiro atoms. The van der Waals surface area contributed by atoms with Gasteiger partial charge in [0.2, 0.25) is 11.5 Å². The molecule has 5 nitrogen and oxygen atoms in total. The highest BCUT2D eigenvalue weighted by Gasteiger charge is 2.46. The molecule has 2 N–H and O–H groups in total. The minimum Gasteiger partial charge on any atom is -0.353 e. The number of aromatic amines is 1. The average Bonchev–Trinajstić information content (AvgIpc) is 3.04. The lowest BCUT2D eigenvalue weighted by Crippen LogP contribution is -2.48. The molecule has 0 aliphatic carbocycles. The molecule has 0 radical (unpaired) electrons. The Morgan fingerprint density at radius 2 is 1.76 bits per heavy atom. The summed E-state index contributed by atoms with van der Waals surface area (Å²) >= 11 is 3.18. The van der Waals surface area contributed by atoms with E-state index in [0.29, 0.717) is 11.1 Å². The summed E-state index contributed by atoms with van der Waals surface area (Å²) in [6.45, 7) is 1.78. The fourth-order valence-corrected chi connectivity index (χ4v) is 3.89. The fourth-order valence-electron chi connectivity index (χ4n) is 3.51. The van der Waals surface area contributed by atoms with Crippen LogP contribution in [0.4, 0.5) is 13.2 Å². The molecule has 0 unspecified atom stereocenters. The highest BCUT2D eigenvalue weighted by molar-refractivity contribution is 9.10. The monoisotopic (exact) mass is 462 g/mol. The molecule has 3 heterocycles. The van der Waals surface area contributed by atoms with Crippen LogP contribution in [-0.2, 0) is 5.54 Å². The molecule has 0 saturated heterocycles. The van der Waals surface area contributed by atoms with E-state index < -0.39 is 34.7 Å². The van der Waals surface area contributed by atoms with Crippen molar-refractivity contribution in [2.24, 2.45) is 4.99 Å². The zero-order valence-electron chi connectivity index (χ0n) is 15.0. The van der Waals surface area contributed by atoms with Crippen LogP contribution < -0.4 is 10.9 Å². The van der Waals surface area contributed by atoms with Crippen LogP contribution in [0.5, 0.6) is 0 Å². The summed E-state index contributed by atoms with van der Waals surface area (Å²) in [6, 6.07) is 8.77. The van der Waals surface area contributed by atoms with E-state index in [1.165, 1.54) is 24.4 Å². The van der Waals surface area contributed by atoms with Gasteiger partial charge in [0.15, 0.2) is 5.82 Å². The number of amidine groups is 1. The van der Waals surface area contributed by atoms with E-state index in [2.05, 4.69) is 36.2 Å². The number of nitrogens with one attached hydrogen (secondary N) is 2. The second-order valence-corrected chi connectivity index (χ2v) is 7.49. The third-order valence-corrected chi connectivity index (χ3v) is 5.54. The molecule has 1 aliphatic heterocycles. The van der Waals surface area contributed by atoms with E-state index in [0.717, 1.165) is 12.1 Å². The van der Waals surface area contributed by atoms with Gasteiger partial charge >= 0.3 is 0 Å². The van der Waals surface area contributed by atoms with Gasteiger partial charge in [-0.3, -0.25) is 9.79 Å². The van der Waals surface area contributed by atoms with Gasteiger partial charge in [-0.15, -0.1) is 0 Å². The number of hydrogen-bond acceptors (Lipinski definition) is 4. The van der Waals surface area contributed by atoms with Gasteiger partial charge in [-0.05, 0) is 52.7 Å². The lowest BCUT2D eigenvalue weighted by Gasteiger charge is -2.34. The first-order chi connectivity index (χ1) is 13.8. The highest BCUT2D eigenvalue weighted by Crippen LogP contribution is 2.39. The molecule has 0 bridgehead atoms. The van der Waals surface area contributed by atoms with Crippen LogP contribution in [0.25, 0.3) is 0 Å². The van der Waals surface area contributed by atoms with Crippen molar-refractivity contribution in [2.75, 3.05) is 0 Å². The summed E-state index contributed by atoms with van der Waals surface area (Å²) in [5.74, 6) is -1.64. The number of rotatable bonds is 3. The molecular weight excluding hydrogens is 449 g/mol. The number of hydrogen-bond donors (Lipinski definition) is 2. The standard InChI is InChI=1S/C20H14BrF3N4O/c1-10-20(12-3-6-16(24)25-9-12,11-2-4-14(22)13(21)8-11)28-19(26-10)18-15(23)5-7-17(29)27-18/h2-10H,1H3,(H,26,28)(H,27,29)/t10-,20-/m0/s1. The van der Waals surface area contributed by atoms with E-state index in [1.807, 2.05) is 0 Å². The zero-order valence-corrected chi connectivity index (χ0v) is 16.6. The number of aliphatic imine (C=N–C) groups is 1. The smallest absolute Gasteiger partial charge is 0.248 e. The van der Waals surface area contributed by atoms with Gasteiger partial charge in [0.05, 0.1) is 10.5 Å². The molecule has 4 rings (SSSR count). The Morgan fingerprint density at radius 1 is 1.03 bits per heavy atom. The molecule has 148 valence electrons. The molecule has 1 aromatic carbocycles. The number of halogens is 4. The Labute approximate surface area is 171 Å². The van der Waals surface area contributed by atoms with Crippen molar-refractivity contribution in [3.63, 3.8) is 0 Å². The van der Waals surface area contributed by atoms with Crippen molar-refractivity contribution in [3.05, 3.63) is 97.9 Å². The van der Waals surface area contributed by atoms with Crippen LogP contribution >= 0.6 is 15.9 Å². The number of nitrogens with zero attached hydrogens (tertiary/aromatic N) is 2. The van der Waals surface area contributed by atoms with Crippen LogP contribution in [0.15, 0.2) is 62.9 Å². The van der Waals surface area contributed by atoms with Crippen LogP contribution in [0.1, 0.15) is 23.7 Å². The maximum Gasteiger partial charge on any atom is 0.248 e. The summed E-state index contributed by atoms with van der Waals surface area (Å²) in [4.78, 5) is 22.4. The summed E-state index contributed by atoms with van der Waals surface area (Å²) in [7, 11) is 0. The number of H-pyrrole nitrogens is 1. The lowest BCUT2D eigenvalue weighted by atomic mass is 9.79. The van der Waals surface area contributed by atoms with Crippen molar-refractivity contribution in [2.45, 2.75) is 18.5 Å². The lowest BCUT2D eigenvalue weighted by molar-refractivity contribution is 0.429. The van der Waals surface area contributed by atoms with Crippen molar-refractivity contribution in [3.8, 4) is 0 Å². The molecule has 1 aliphatic rings. The number of benzene rings is 1. The molecule has 3 aromatic rings. The Morgan fingerprint density at radius 3 is 2.45 bits per heavy atom. The average molecular weight is 463 g/mol. The van der Waals surface area contributed by atoms with Gasteiger partial charge in [-0.1, -0.05) is 12.1 Å². The van der Waals surface area contributed by atoms with Gasteiger partial charge in [-0.2, -0.15) is 4.39 Å². The van der Waals surface area contributed by atoms with Crippen molar-refractivity contribution >= 4 is 21.8 Å². The molecule has 9 heteroatoms. The molecule has 0 amide bonds. The summed E-state index contributed by atoms with van der Waals surface area (Å²) in [5.41, 5.74) is -0.524. The maximum absolute atomic E-state index is 14.4. The van der Waals surface area contributed by atoms with Gasteiger partial charge < -0.3 is 10.3 Å². The van der Waals surface area contributed by atoms with Crippen LogP contribution in [0.3, 0.4) is 0 Å². The van der Waals surface area contributed by atoms with E-state index in [-0.39, 0.29) is 16.0 Å². The molecule has 0 saturated carbocycles. The largest absolute Gasteiger partial charge is 0.353 e. The van der Waals surface area contributed by atoms with Crippen molar-refractivity contribution in [1.29, 1.82) is 0 Å². The minimum absolute atomic E-state index is 0.0949. The van der Waals surface area contributed by atoms with E-state index in [9.17, 15) is 18.0 Å². The van der Waals surface area contributed by atoms with Gasteiger partial charge in [-0.25, -0.2) is 13.8 Å². The number of pyridine rings is 2. The Hall–Kier alpha value is -2.94. The van der Waals surface area contributed by atoms with Crippen LogP contribution in [0.2, 0.25) is 0 Å². The third-order valence-electron chi connectivity index (χ3n) is 4.93. The SMILES string of the molecule is C[C@@H]1N=C(c2[nH]c(=O)ccc2F)N[C@]1(c1ccc(F)nc1)c1ccc(F)c(Br)c1. The first-order valence-corrected chi connectivity index (χ1v) is 9.43. The Balaban J connectivity index is 1.90. The third kappa shape index (κ3) is 3.25. The molecule has 0 fully saturated rings. The number of aromatic nitrogens is 2. The van der Waals surface area contributed by atoms with Crippen molar-refractivity contribution < 1.29 is 13.2 Å². The summed E-state index contributed by atoms with van der Waals surface area (Å²) in [5, 5.41) is 3.17. The molecule has 2 atom stereocenters. The predicted octanol–water partition coefficient (Wildman–Crippen LogP) is 3.63. The van der Waals surface area contributed by atoms with E-state index in [4.69, 9.17) is 0 Å². The molecule has 2 aromatic heterocycles. The van der Waals surface area contributed by atoms with Crippen LogP contribution in [-0.4, -0.2) is 21.8 Å². The van der Waals surface area contributed by atoms with Gasteiger partial charge in [0.25, 0.3) is 0 Å². The predicted molar refractivity (Wildman–Crippen MR) is 105 cm³/mol. The zero-order chi connectivity index (χ0) is 20.8.